The number of aryl methyl sites for hydroxylation is 1. The van der Waals surface area contributed by atoms with Gasteiger partial charge in [0.05, 0.1) is 28.6 Å². The zero-order valence-electron chi connectivity index (χ0n) is 14.9. The fourth-order valence-electron chi connectivity index (χ4n) is 2.83. The van der Waals surface area contributed by atoms with Crippen LogP contribution in [-0.4, -0.2) is 45.7 Å². The van der Waals surface area contributed by atoms with Crippen LogP contribution >= 0.6 is 11.6 Å². The molecule has 8 nitrogen and oxygen atoms in total. The number of pyridine rings is 1. The standard InChI is InChI=1S/C18H16ClN5O3/c1-24-8-10-4-12(15(27-9-25-2)6-14(10)23-24)17-21-16-13(18(22-17)26-3)5-11(19)7-20-16/h4-8H,9H2,1-3H3. The lowest BCUT2D eigenvalue weighted by Crippen LogP contribution is -2.03. The molecule has 27 heavy (non-hydrogen) atoms. The van der Waals surface area contributed by atoms with Crippen LogP contribution in [0.3, 0.4) is 0 Å². The maximum atomic E-state index is 6.04. The summed E-state index contributed by atoms with van der Waals surface area (Å²) in [5, 5.41) is 6.47. The summed E-state index contributed by atoms with van der Waals surface area (Å²) in [6, 6.07) is 5.47. The molecule has 0 amide bonds. The van der Waals surface area contributed by atoms with Crippen LogP contribution in [0, 0.1) is 0 Å². The second-order valence-electron chi connectivity index (χ2n) is 5.84. The van der Waals surface area contributed by atoms with Crippen molar-refractivity contribution in [2.75, 3.05) is 21.0 Å². The third-order valence-electron chi connectivity index (χ3n) is 3.97. The molecule has 0 fully saturated rings. The van der Waals surface area contributed by atoms with Crippen LogP contribution < -0.4 is 9.47 Å². The first kappa shape index (κ1) is 17.4. The zero-order chi connectivity index (χ0) is 19.0. The molecule has 3 aromatic heterocycles. The second-order valence-corrected chi connectivity index (χ2v) is 6.28. The Balaban J connectivity index is 1.95. The molecule has 0 saturated heterocycles. The third-order valence-corrected chi connectivity index (χ3v) is 4.18. The number of hydrogen-bond acceptors (Lipinski definition) is 7. The average molecular weight is 386 g/mol. The van der Waals surface area contributed by atoms with Gasteiger partial charge >= 0.3 is 0 Å². The molecule has 0 saturated carbocycles. The van der Waals surface area contributed by atoms with E-state index in [0.717, 1.165) is 10.9 Å². The van der Waals surface area contributed by atoms with Gasteiger partial charge in [-0.25, -0.2) is 9.97 Å². The van der Waals surface area contributed by atoms with Gasteiger partial charge in [-0.15, -0.1) is 0 Å². The van der Waals surface area contributed by atoms with E-state index < -0.39 is 0 Å². The van der Waals surface area contributed by atoms with Crippen LogP contribution in [0.5, 0.6) is 11.6 Å². The minimum absolute atomic E-state index is 0.0872. The molecular formula is C18H16ClN5O3. The highest BCUT2D eigenvalue weighted by Crippen LogP contribution is 2.35. The van der Waals surface area contributed by atoms with E-state index in [4.69, 9.17) is 25.8 Å². The first-order valence-electron chi connectivity index (χ1n) is 8.06. The SMILES string of the molecule is COCOc1cc2nn(C)cc2cc1-c1nc(OC)c2cc(Cl)cnc2n1. The molecule has 0 radical (unpaired) electrons. The molecule has 4 rings (SSSR count). The fourth-order valence-corrected chi connectivity index (χ4v) is 2.99. The van der Waals surface area contributed by atoms with Crippen LogP contribution in [0.15, 0.2) is 30.6 Å². The molecule has 0 atom stereocenters. The molecular weight excluding hydrogens is 370 g/mol. The van der Waals surface area contributed by atoms with E-state index in [9.17, 15) is 0 Å². The Kier molecular flexibility index (Phi) is 4.51. The lowest BCUT2D eigenvalue weighted by Gasteiger charge is -2.12. The summed E-state index contributed by atoms with van der Waals surface area (Å²) in [6.45, 7) is 0.0872. The highest BCUT2D eigenvalue weighted by molar-refractivity contribution is 6.31. The summed E-state index contributed by atoms with van der Waals surface area (Å²) in [6.07, 6.45) is 3.45. The van der Waals surface area contributed by atoms with Crippen molar-refractivity contribution < 1.29 is 14.2 Å². The maximum absolute atomic E-state index is 6.04. The van der Waals surface area contributed by atoms with Gasteiger partial charge in [0.25, 0.3) is 0 Å². The summed E-state index contributed by atoms with van der Waals surface area (Å²) in [5.74, 6) is 1.36. The van der Waals surface area contributed by atoms with E-state index in [1.54, 1.807) is 25.0 Å². The fraction of sp³-hybridized carbons (Fsp3) is 0.222. The molecule has 4 aromatic rings. The number of hydrogen-bond donors (Lipinski definition) is 0. The number of fused-ring (bicyclic) bond motifs is 2. The Morgan fingerprint density at radius 1 is 1.15 bits per heavy atom. The van der Waals surface area contributed by atoms with Gasteiger partial charge in [0, 0.05) is 38.0 Å². The smallest absolute Gasteiger partial charge is 0.226 e. The summed E-state index contributed by atoms with van der Waals surface area (Å²) in [7, 11) is 4.96. The topological polar surface area (TPSA) is 84.2 Å². The van der Waals surface area contributed by atoms with Crippen molar-refractivity contribution in [3.63, 3.8) is 0 Å². The predicted molar refractivity (Wildman–Crippen MR) is 101 cm³/mol. The van der Waals surface area contributed by atoms with Gasteiger partial charge in [-0.2, -0.15) is 10.1 Å². The predicted octanol–water partition coefficient (Wildman–Crippen LogP) is 3.22. The van der Waals surface area contributed by atoms with Gasteiger partial charge in [0.2, 0.25) is 5.88 Å². The van der Waals surface area contributed by atoms with E-state index in [1.807, 2.05) is 25.4 Å². The van der Waals surface area contributed by atoms with Crippen molar-refractivity contribution in [3.8, 4) is 23.0 Å². The van der Waals surface area contributed by atoms with Crippen LogP contribution in [0.25, 0.3) is 33.3 Å². The molecule has 0 bridgehead atoms. The molecule has 138 valence electrons. The van der Waals surface area contributed by atoms with E-state index in [0.29, 0.717) is 39.1 Å². The quantitative estimate of drug-likeness (QED) is 0.487. The maximum Gasteiger partial charge on any atom is 0.226 e. The normalized spacial score (nSPS) is 11.3. The Morgan fingerprint density at radius 2 is 2.00 bits per heavy atom. The molecule has 0 unspecified atom stereocenters. The number of ether oxygens (including phenoxy) is 3. The third kappa shape index (κ3) is 3.24. The van der Waals surface area contributed by atoms with Crippen LogP contribution in [-0.2, 0) is 11.8 Å². The van der Waals surface area contributed by atoms with E-state index in [1.165, 1.54) is 6.20 Å². The van der Waals surface area contributed by atoms with Gasteiger partial charge in [-0.05, 0) is 12.1 Å². The summed E-state index contributed by atoms with van der Waals surface area (Å²) < 4.78 is 17.9. The van der Waals surface area contributed by atoms with Gasteiger partial charge in [0.1, 0.15) is 5.75 Å². The summed E-state index contributed by atoms with van der Waals surface area (Å²) in [5.41, 5.74) is 1.96. The van der Waals surface area contributed by atoms with E-state index in [2.05, 4.69) is 20.1 Å². The molecule has 1 aromatic carbocycles. The molecule has 0 N–H and O–H groups in total. The van der Waals surface area contributed by atoms with Crippen molar-refractivity contribution in [1.82, 2.24) is 24.7 Å². The average Bonchev–Trinajstić information content (AvgIpc) is 3.03. The van der Waals surface area contributed by atoms with E-state index in [-0.39, 0.29) is 6.79 Å². The Hall–Kier alpha value is -2.97. The van der Waals surface area contributed by atoms with Gasteiger partial charge < -0.3 is 14.2 Å². The number of rotatable bonds is 5. The van der Waals surface area contributed by atoms with Crippen LogP contribution in [0.1, 0.15) is 0 Å². The Bertz CT molecular complexity index is 1140. The number of aromatic nitrogens is 5. The monoisotopic (exact) mass is 385 g/mol. The van der Waals surface area contributed by atoms with Crippen molar-refractivity contribution in [2.24, 2.45) is 7.05 Å². The molecule has 0 aliphatic rings. The minimum Gasteiger partial charge on any atom is -0.480 e. The molecule has 0 aliphatic carbocycles. The summed E-state index contributed by atoms with van der Waals surface area (Å²) in [4.78, 5) is 13.4. The zero-order valence-corrected chi connectivity index (χ0v) is 15.7. The minimum atomic E-state index is 0.0872. The van der Waals surface area contributed by atoms with Crippen molar-refractivity contribution in [2.45, 2.75) is 0 Å². The largest absolute Gasteiger partial charge is 0.480 e. The van der Waals surface area contributed by atoms with Crippen molar-refractivity contribution in [1.29, 1.82) is 0 Å². The first-order chi connectivity index (χ1) is 13.1. The highest BCUT2D eigenvalue weighted by Gasteiger charge is 2.17. The molecule has 0 aliphatic heterocycles. The van der Waals surface area contributed by atoms with Crippen LogP contribution in [0.4, 0.5) is 0 Å². The second kappa shape index (κ2) is 6.98. The Morgan fingerprint density at radius 3 is 2.78 bits per heavy atom. The lowest BCUT2D eigenvalue weighted by molar-refractivity contribution is 0.0516. The molecule has 9 heteroatoms. The summed E-state index contributed by atoms with van der Waals surface area (Å²) >= 11 is 6.04. The van der Waals surface area contributed by atoms with Crippen LogP contribution in [0.2, 0.25) is 5.02 Å². The molecule has 3 heterocycles. The number of halogens is 1. The number of benzene rings is 1. The lowest BCUT2D eigenvalue weighted by atomic mass is 10.1. The van der Waals surface area contributed by atoms with E-state index >= 15 is 0 Å². The van der Waals surface area contributed by atoms with Crippen molar-refractivity contribution >= 4 is 33.5 Å². The number of nitrogens with zero attached hydrogens (tertiary/aromatic N) is 5. The van der Waals surface area contributed by atoms with Gasteiger partial charge in [-0.3, -0.25) is 4.68 Å². The van der Waals surface area contributed by atoms with Gasteiger partial charge in [0.15, 0.2) is 18.3 Å². The Labute approximate surface area is 159 Å². The van der Waals surface area contributed by atoms with Crippen molar-refractivity contribution in [3.05, 3.63) is 35.6 Å². The first-order valence-corrected chi connectivity index (χ1v) is 8.43. The number of methoxy groups -OCH3 is 2. The molecule has 0 spiro atoms. The highest BCUT2D eigenvalue weighted by atomic mass is 35.5. The van der Waals surface area contributed by atoms with Gasteiger partial charge in [-0.1, -0.05) is 11.6 Å².